The van der Waals surface area contributed by atoms with Gasteiger partial charge in [0, 0.05) is 12.3 Å². The van der Waals surface area contributed by atoms with E-state index in [0.717, 1.165) is 6.61 Å². The number of hydrogen-bond acceptors (Lipinski definition) is 1. The van der Waals surface area contributed by atoms with Gasteiger partial charge < -0.3 is 4.74 Å². The topological polar surface area (TPSA) is 9.23 Å². The molecule has 1 heterocycles. The standard InChI is InChI=1S/C7H16OSi.Po.2H/c1-9(2)7-5-3-4-6-8-7;;;/h7,9H,3-6H2,1-2H3;;;. The summed E-state index contributed by atoms with van der Waals surface area (Å²) in [6, 6.07) is 0. The SMILES string of the molecule is C[SiH](C)C1CCCCO1.[PoH2]. The number of hydrogen-bond donors (Lipinski definition) is 0. The van der Waals surface area contributed by atoms with Gasteiger partial charge in [-0.05, 0) is 19.3 Å². The van der Waals surface area contributed by atoms with Gasteiger partial charge in [0.1, 0.15) is 0 Å². The van der Waals surface area contributed by atoms with E-state index in [1.165, 1.54) is 19.3 Å². The fraction of sp³-hybridized carbons (Fsp3) is 1.00. The molecule has 0 amide bonds. The first-order chi connectivity index (χ1) is 4.30. The first-order valence-corrected chi connectivity index (χ1v) is 6.90. The molecule has 0 bridgehead atoms. The van der Waals surface area contributed by atoms with Crippen LogP contribution in [0.3, 0.4) is 0 Å². The molecule has 10 heavy (non-hydrogen) atoms. The van der Waals surface area contributed by atoms with E-state index in [0.29, 0.717) is 5.73 Å². The summed E-state index contributed by atoms with van der Waals surface area (Å²) in [6.45, 7) is 5.77. The summed E-state index contributed by atoms with van der Waals surface area (Å²) in [4.78, 5) is 0. The molecule has 0 saturated carbocycles. The fourth-order valence-corrected chi connectivity index (χ4v) is 2.71. The van der Waals surface area contributed by atoms with Gasteiger partial charge in [0.2, 0.25) is 0 Å². The third kappa shape index (κ3) is 3.46. The average molecular weight is 355 g/mol. The second-order valence-electron chi connectivity index (χ2n) is 3.15. The zero-order chi connectivity index (χ0) is 6.69. The van der Waals surface area contributed by atoms with Crippen LogP contribution in [0.4, 0.5) is 0 Å². The van der Waals surface area contributed by atoms with Crippen molar-refractivity contribution in [3.8, 4) is 0 Å². The molecule has 0 aromatic carbocycles. The molecule has 1 aliphatic heterocycles. The van der Waals surface area contributed by atoms with Crippen molar-refractivity contribution in [1.82, 2.24) is 0 Å². The summed E-state index contributed by atoms with van der Waals surface area (Å²) < 4.78 is 5.60. The fourth-order valence-electron chi connectivity index (χ4n) is 1.29. The number of ether oxygens (including phenoxy) is 1. The van der Waals surface area contributed by atoms with E-state index in [2.05, 4.69) is 13.1 Å². The molecule has 0 aromatic rings. The van der Waals surface area contributed by atoms with Crippen LogP contribution >= 0.6 is 0 Å². The van der Waals surface area contributed by atoms with Gasteiger partial charge in [-0.25, -0.2) is 0 Å². The summed E-state index contributed by atoms with van der Waals surface area (Å²) in [5.74, 6) is 0. The van der Waals surface area contributed by atoms with Gasteiger partial charge in [-0.15, -0.1) is 0 Å². The molecule has 0 spiro atoms. The molecule has 1 atom stereocenters. The van der Waals surface area contributed by atoms with Gasteiger partial charge in [-0.3, -0.25) is 0 Å². The van der Waals surface area contributed by atoms with Crippen LogP contribution < -0.4 is 0 Å². The first kappa shape index (κ1) is 11.1. The monoisotopic (exact) mass is 355 g/mol. The van der Waals surface area contributed by atoms with Gasteiger partial charge in [0.15, 0.2) is 0 Å². The quantitative estimate of drug-likeness (QED) is 0.629. The van der Waals surface area contributed by atoms with Crippen molar-refractivity contribution in [2.45, 2.75) is 38.1 Å². The van der Waals surface area contributed by atoms with Crippen molar-refractivity contribution >= 4 is 35.4 Å². The van der Waals surface area contributed by atoms with Gasteiger partial charge in [0.25, 0.3) is 0 Å². The van der Waals surface area contributed by atoms with E-state index >= 15 is 0 Å². The molecule has 1 rings (SSSR count). The Kier molecular flexibility index (Phi) is 6.30. The van der Waals surface area contributed by atoms with E-state index in [9.17, 15) is 0 Å². The predicted octanol–water partition coefficient (Wildman–Crippen LogP) is 0.665. The van der Waals surface area contributed by atoms with Crippen molar-refractivity contribution in [1.29, 1.82) is 0 Å². The van der Waals surface area contributed by atoms with Crippen LogP contribution in [0.1, 0.15) is 19.3 Å². The first-order valence-electron chi connectivity index (χ1n) is 3.92. The normalized spacial score (nSPS) is 26.1. The summed E-state index contributed by atoms with van der Waals surface area (Å²) in [7, 11) is -0.474. The molecule has 1 unspecified atom stereocenters. The molecule has 0 aromatic heterocycles. The van der Waals surface area contributed by atoms with Gasteiger partial charge in [-0.1, -0.05) is 13.1 Å². The maximum absolute atomic E-state index is 5.60. The van der Waals surface area contributed by atoms with E-state index in [1.807, 2.05) is 0 Å². The van der Waals surface area contributed by atoms with Crippen molar-refractivity contribution in [2.75, 3.05) is 6.61 Å². The zero-order valence-corrected chi connectivity index (χ0v) is 11.9. The Morgan fingerprint density at radius 3 is 2.30 bits per heavy atom. The molecule has 1 fully saturated rings. The Labute approximate surface area is 84.6 Å². The predicted molar refractivity (Wildman–Crippen MR) is 51.0 cm³/mol. The van der Waals surface area contributed by atoms with E-state index < -0.39 is 8.80 Å². The Bertz CT molecular complexity index is 81.7. The zero-order valence-electron chi connectivity index (χ0n) is 6.89. The minimum absolute atomic E-state index is 0. The second-order valence-corrected chi connectivity index (χ2v) is 6.38. The Morgan fingerprint density at radius 2 is 2.00 bits per heavy atom. The molecule has 0 N–H and O–H groups in total. The molecule has 62 valence electrons. The molecule has 0 aliphatic carbocycles. The Morgan fingerprint density at radius 1 is 1.30 bits per heavy atom. The molecular weight excluding hydrogens is 337 g/mol. The van der Waals surface area contributed by atoms with Gasteiger partial charge in [-0.2, -0.15) is 0 Å². The summed E-state index contributed by atoms with van der Waals surface area (Å²) in [6.07, 6.45) is 4.03. The van der Waals surface area contributed by atoms with Crippen LogP contribution in [-0.4, -0.2) is 47.7 Å². The molecule has 1 nitrogen and oxygen atoms in total. The third-order valence-electron chi connectivity index (χ3n) is 1.96. The van der Waals surface area contributed by atoms with Crippen LogP contribution in [0.2, 0.25) is 13.1 Å². The second kappa shape index (κ2) is 5.69. The van der Waals surface area contributed by atoms with E-state index in [4.69, 9.17) is 4.74 Å². The Hall–Kier alpha value is 1.07. The van der Waals surface area contributed by atoms with E-state index in [-0.39, 0.29) is 26.6 Å². The van der Waals surface area contributed by atoms with Crippen LogP contribution in [0, 0.1) is 0 Å². The van der Waals surface area contributed by atoms with Crippen LogP contribution in [0.5, 0.6) is 0 Å². The maximum atomic E-state index is 5.60. The van der Waals surface area contributed by atoms with Crippen LogP contribution in [0.25, 0.3) is 0 Å². The summed E-state index contributed by atoms with van der Waals surface area (Å²) in [5.41, 5.74) is 0.693. The molecule has 1 saturated heterocycles. The van der Waals surface area contributed by atoms with Crippen LogP contribution in [-0.2, 0) is 4.74 Å². The average Bonchev–Trinajstić information content (AvgIpc) is 1.90. The van der Waals surface area contributed by atoms with Gasteiger partial charge >= 0.3 is 26.6 Å². The Balaban J connectivity index is 0.000000810. The molecule has 0 radical (unpaired) electrons. The molecule has 1 aliphatic rings. The van der Waals surface area contributed by atoms with Crippen LogP contribution in [0.15, 0.2) is 0 Å². The number of rotatable bonds is 1. The molecular formula is C7H18OPoSi. The van der Waals surface area contributed by atoms with Gasteiger partial charge in [0.05, 0.1) is 8.80 Å². The van der Waals surface area contributed by atoms with Crippen molar-refractivity contribution in [2.24, 2.45) is 0 Å². The minimum atomic E-state index is -0.474. The van der Waals surface area contributed by atoms with E-state index in [1.54, 1.807) is 0 Å². The van der Waals surface area contributed by atoms with Crippen molar-refractivity contribution in [3.05, 3.63) is 0 Å². The van der Waals surface area contributed by atoms with Crippen molar-refractivity contribution < 1.29 is 4.74 Å². The van der Waals surface area contributed by atoms with Crippen molar-refractivity contribution in [3.63, 3.8) is 0 Å². The summed E-state index contributed by atoms with van der Waals surface area (Å²) >= 11 is 0. The third-order valence-corrected chi connectivity index (χ3v) is 3.97. The summed E-state index contributed by atoms with van der Waals surface area (Å²) in [5, 5.41) is 0. The molecule has 3 heteroatoms.